The van der Waals surface area contributed by atoms with Crippen LogP contribution in [0.1, 0.15) is 12.8 Å². The second-order valence-electron chi connectivity index (χ2n) is 4.78. The second-order valence-corrected chi connectivity index (χ2v) is 7.37. The number of rotatable bonds is 6. The van der Waals surface area contributed by atoms with E-state index in [9.17, 15) is 17.6 Å². The Labute approximate surface area is 130 Å². The number of benzene rings is 1. The van der Waals surface area contributed by atoms with Crippen LogP contribution in [0, 0.1) is 11.7 Å². The largest absolute Gasteiger partial charge is 0.399 e. The van der Waals surface area contributed by atoms with Crippen LogP contribution >= 0.6 is 15.9 Å². The van der Waals surface area contributed by atoms with Gasteiger partial charge in [-0.15, -0.1) is 0 Å². The first-order chi connectivity index (χ1) is 9.81. The van der Waals surface area contributed by atoms with Crippen LogP contribution in [-0.2, 0) is 14.8 Å². The second kappa shape index (κ2) is 6.29. The van der Waals surface area contributed by atoms with Crippen molar-refractivity contribution in [1.82, 2.24) is 10.0 Å². The predicted octanol–water partition coefficient (Wildman–Crippen LogP) is 0.975. The highest BCUT2D eigenvalue weighted by Crippen LogP contribution is 2.28. The topological polar surface area (TPSA) is 101 Å². The number of hydrogen-bond donors (Lipinski definition) is 3. The molecule has 21 heavy (non-hydrogen) atoms. The number of nitrogens with one attached hydrogen (secondary N) is 2. The Bertz CT molecular complexity index is 662. The Balaban J connectivity index is 1.96. The molecule has 1 aromatic carbocycles. The molecule has 1 fully saturated rings. The van der Waals surface area contributed by atoms with E-state index in [1.807, 2.05) is 0 Å². The molecule has 0 aliphatic heterocycles. The predicted molar refractivity (Wildman–Crippen MR) is 79.4 cm³/mol. The maximum Gasteiger partial charge on any atom is 0.243 e. The van der Waals surface area contributed by atoms with Crippen molar-refractivity contribution in [3.63, 3.8) is 0 Å². The molecule has 1 amide bonds. The first-order valence-electron chi connectivity index (χ1n) is 6.33. The lowest BCUT2D eigenvalue weighted by Gasteiger charge is -2.10. The van der Waals surface area contributed by atoms with Gasteiger partial charge in [-0.05, 0) is 40.9 Å². The molecule has 1 aromatic rings. The van der Waals surface area contributed by atoms with Crippen molar-refractivity contribution < 1.29 is 17.6 Å². The average Bonchev–Trinajstić information content (AvgIpc) is 3.23. The van der Waals surface area contributed by atoms with Crippen LogP contribution in [-0.4, -0.2) is 27.4 Å². The molecule has 0 radical (unpaired) electrons. The third kappa shape index (κ3) is 4.14. The fourth-order valence-electron chi connectivity index (χ4n) is 1.72. The summed E-state index contributed by atoms with van der Waals surface area (Å²) < 4.78 is 40.1. The van der Waals surface area contributed by atoms with Gasteiger partial charge >= 0.3 is 0 Å². The van der Waals surface area contributed by atoms with Gasteiger partial charge in [0.05, 0.1) is 4.47 Å². The average molecular weight is 380 g/mol. The van der Waals surface area contributed by atoms with Crippen LogP contribution in [0.15, 0.2) is 21.5 Å². The third-order valence-electron chi connectivity index (χ3n) is 2.97. The van der Waals surface area contributed by atoms with Crippen molar-refractivity contribution in [1.29, 1.82) is 0 Å². The Morgan fingerprint density at radius 1 is 1.38 bits per heavy atom. The number of amides is 1. The summed E-state index contributed by atoms with van der Waals surface area (Å²) in [5.74, 6) is -0.922. The third-order valence-corrected chi connectivity index (χ3v) is 5.01. The number of nitrogens with two attached hydrogens (primary N) is 1. The molecule has 116 valence electrons. The number of nitrogen functional groups attached to an aromatic ring is 1. The monoisotopic (exact) mass is 379 g/mol. The molecule has 1 aliphatic rings. The molecule has 1 aliphatic carbocycles. The zero-order chi connectivity index (χ0) is 15.6. The van der Waals surface area contributed by atoms with Gasteiger partial charge in [0.1, 0.15) is 4.90 Å². The molecule has 0 unspecified atom stereocenters. The van der Waals surface area contributed by atoms with Crippen molar-refractivity contribution >= 4 is 37.5 Å². The Morgan fingerprint density at radius 3 is 2.67 bits per heavy atom. The lowest BCUT2D eigenvalue weighted by atomic mass is 10.3. The highest BCUT2D eigenvalue weighted by Gasteiger charge is 2.29. The number of hydrogen-bond acceptors (Lipinski definition) is 4. The summed E-state index contributed by atoms with van der Waals surface area (Å²) in [6.45, 7) is 0.131. The fourth-order valence-corrected chi connectivity index (χ4v) is 3.49. The summed E-state index contributed by atoms with van der Waals surface area (Å²) in [6.07, 6.45) is 1.75. The number of carbonyl (C=O) groups excluding carboxylic acids is 1. The lowest BCUT2D eigenvalue weighted by molar-refractivity contribution is -0.122. The van der Waals surface area contributed by atoms with Gasteiger partial charge in [-0.2, -0.15) is 0 Å². The molecule has 0 heterocycles. The van der Waals surface area contributed by atoms with E-state index in [-0.39, 0.29) is 35.1 Å². The van der Waals surface area contributed by atoms with E-state index in [0.29, 0.717) is 0 Å². The van der Waals surface area contributed by atoms with Gasteiger partial charge in [-0.3, -0.25) is 4.79 Å². The molecule has 4 N–H and O–H groups in total. The normalized spacial score (nSPS) is 15.0. The number of anilines is 1. The number of halogens is 2. The molecule has 0 saturated heterocycles. The molecule has 0 bridgehead atoms. The van der Waals surface area contributed by atoms with Crippen molar-refractivity contribution in [3.05, 3.63) is 22.4 Å². The maximum atomic E-state index is 13.8. The Morgan fingerprint density at radius 2 is 2.05 bits per heavy atom. The van der Waals surface area contributed by atoms with Gasteiger partial charge in [0.2, 0.25) is 15.9 Å². The molecule has 0 spiro atoms. The van der Waals surface area contributed by atoms with Crippen molar-refractivity contribution in [2.24, 2.45) is 5.92 Å². The van der Waals surface area contributed by atoms with E-state index >= 15 is 0 Å². The van der Waals surface area contributed by atoms with E-state index in [1.165, 1.54) is 6.07 Å². The number of sulfonamides is 1. The fraction of sp³-hybridized carbons (Fsp3) is 0.417. The molecule has 6 nitrogen and oxygen atoms in total. The molecule has 0 atom stereocenters. The summed E-state index contributed by atoms with van der Waals surface area (Å²) in [5.41, 5.74) is 5.64. The van der Waals surface area contributed by atoms with Gasteiger partial charge in [-0.25, -0.2) is 17.5 Å². The Kier molecular flexibility index (Phi) is 4.84. The van der Waals surface area contributed by atoms with E-state index in [2.05, 4.69) is 26.0 Å². The summed E-state index contributed by atoms with van der Waals surface area (Å²) in [6, 6.07) is 2.33. The van der Waals surface area contributed by atoms with Crippen molar-refractivity contribution in [2.75, 3.05) is 18.8 Å². The van der Waals surface area contributed by atoms with E-state index in [0.717, 1.165) is 18.9 Å². The smallest absolute Gasteiger partial charge is 0.243 e. The first-order valence-corrected chi connectivity index (χ1v) is 8.61. The summed E-state index contributed by atoms with van der Waals surface area (Å²) in [4.78, 5) is 10.8. The minimum Gasteiger partial charge on any atom is -0.399 e. The summed E-state index contributed by atoms with van der Waals surface area (Å²) in [5, 5.41) is 2.61. The minimum atomic E-state index is -4.02. The van der Waals surface area contributed by atoms with Gasteiger partial charge in [-0.1, -0.05) is 0 Å². The zero-order valence-electron chi connectivity index (χ0n) is 11.0. The van der Waals surface area contributed by atoms with Crippen LogP contribution in [0.3, 0.4) is 0 Å². The van der Waals surface area contributed by atoms with E-state index in [1.54, 1.807) is 0 Å². The van der Waals surface area contributed by atoms with Crippen LogP contribution in [0.4, 0.5) is 10.1 Å². The van der Waals surface area contributed by atoms with Crippen LogP contribution in [0.25, 0.3) is 0 Å². The van der Waals surface area contributed by atoms with Crippen LogP contribution < -0.4 is 15.8 Å². The van der Waals surface area contributed by atoms with E-state index in [4.69, 9.17) is 5.73 Å². The molecule has 0 aromatic heterocycles. The highest BCUT2D eigenvalue weighted by molar-refractivity contribution is 9.10. The standard InChI is InChI=1S/C12H15BrFN3O3S/c13-9-5-8(15)6-10(11(9)14)21(19,20)17-4-3-16-12(18)7-1-2-7/h5-7,17H,1-4,15H2,(H,16,18). The summed E-state index contributed by atoms with van der Waals surface area (Å²) in [7, 11) is -4.02. The van der Waals surface area contributed by atoms with Crippen molar-refractivity contribution in [2.45, 2.75) is 17.7 Å². The molecular weight excluding hydrogens is 365 g/mol. The first kappa shape index (κ1) is 16.2. The van der Waals surface area contributed by atoms with Gasteiger partial charge < -0.3 is 11.1 Å². The molecular formula is C12H15BrFN3O3S. The SMILES string of the molecule is Nc1cc(Br)c(F)c(S(=O)(=O)NCCNC(=O)C2CC2)c1. The lowest BCUT2D eigenvalue weighted by Crippen LogP contribution is -2.35. The van der Waals surface area contributed by atoms with Crippen molar-refractivity contribution in [3.8, 4) is 0 Å². The van der Waals surface area contributed by atoms with Crippen LogP contribution in [0.2, 0.25) is 0 Å². The van der Waals surface area contributed by atoms with Gasteiger partial charge in [0.25, 0.3) is 0 Å². The zero-order valence-corrected chi connectivity index (χ0v) is 13.4. The van der Waals surface area contributed by atoms with E-state index < -0.39 is 20.7 Å². The van der Waals surface area contributed by atoms with Crippen LogP contribution in [0.5, 0.6) is 0 Å². The van der Waals surface area contributed by atoms with Gasteiger partial charge in [0, 0.05) is 24.7 Å². The maximum absolute atomic E-state index is 13.8. The quantitative estimate of drug-likeness (QED) is 0.506. The Hall–Kier alpha value is -1.19. The summed E-state index contributed by atoms with van der Waals surface area (Å²) >= 11 is 2.91. The van der Waals surface area contributed by atoms with Gasteiger partial charge in [0.15, 0.2) is 5.82 Å². The molecule has 2 rings (SSSR count). The molecule has 9 heteroatoms. The number of carbonyl (C=O) groups is 1. The highest BCUT2D eigenvalue weighted by atomic mass is 79.9. The molecule has 1 saturated carbocycles. The minimum absolute atomic E-state index is 0.0212.